The minimum atomic E-state index is -0.194. The second-order valence-corrected chi connectivity index (χ2v) is 8.66. The summed E-state index contributed by atoms with van der Waals surface area (Å²) >= 11 is 0. The van der Waals surface area contributed by atoms with Crippen LogP contribution in [0.3, 0.4) is 0 Å². The number of para-hydroxylation sites is 1. The van der Waals surface area contributed by atoms with Crippen molar-refractivity contribution < 1.29 is 9.59 Å². The number of anilines is 1. The zero-order valence-electron chi connectivity index (χ0n) is 19.8. The van der Waals surface area contributed by atoms with E-state index in [-0.39, 0.29) is 30.9 Å². The number of likely N-dealkylation sites (N-methyl/N-ethyl adjacent to an activating group) is 1. The molecule has 0 saturated heterocycles. The van der Waals surface area contributed by atoms with Crippen LogP contribution in [0.2, 0.25) is 0 Å². The van der Waals surface area contributed by atoms with Gasteiger partial charge in [-0.1, -0.05) is 69.7 Å². The van der Waals surface area contributed by atoms with Crippen LogP contribution >= 0.6 is 0 Å². The number of hydrogen-bond donors (Lipinski definition) is 2. The first-order chi connectivity index (χ1) is 14.7. The van der Waals surface area contributed by atoms with Crippen LogP contribution in [-0.4, -0.2) is 36.9 Å². The average molecular weight is 424 g/mol. The molecule has 2 rings (SSSR count). The summed E-state index contributed by atoms with van der Waals surface area (Å²) in [5.41, 5.74) is 5.35. The van der Waals surface area contributed by atoms with Crippen molar-refractivity contribution in [2.75, 3.05) is 25.5 Å². The molecule has 0 fully saturated rings. The quantitative estimate of drug-likeness (QED) is 0.585. The lowest BCUT2D eigenvalue weighted by Crippen LogP contribution is -2.41. The van der Waals surface area contributed by atoms with Crippen LogP contribution in [0.4, 0.5) is 5.69 Å². The molecule has 0 heterocycles. The van der Waals surface area contributed by atoms with Crippen molar-refractivity contribution in [2.45, 2.75) is 53.5 Å². The van der Waals surface area contributed by atoms with Crippen molar-refractivity contribution in [1.82, 2.24) is 10.2 Å². The molecular weight excluding hydrogens is 386 g/mol. The number of hydrogen-bond acceptors (Lipinski definition) is 3. The fraction of sp³-hybridized carbons (Fsp3) is 0.462. The molecule has 0 aromatic heterocycles. The SMILES string of the molecule is CCCc1ccc([C@H](NCC(=O)N(C)CC(=O)Nc2c(C)cccc2C)C(C)C)cc1. The van der Waals surface area contributed by atoms with E-state index < -0.39 is 0 Å². The number of nitrogens with one attached hydrogen (secondary N) is 2. The van der Waals surface area contributed by atoms with Crippen molar-refractivity contribution in [3.8, 4) is 0 Å². The van der Waals surface area contributed by atoms with E-state index in [2.05, 4.69) is 55.7 Å². The third kappa shape index (κ3) is 7.21. The third-order valence-electron chi connectivity index (χ3n) is 5.57. The lowest BCUT2D eigenvalue weighted by Gasteiger charge is -2.25. The lowest BCUT2D eigenvalue weighted by atomic mass is 9.94. The molecule has 2 aromatic carbocycles. The van der Waals surface area contributed by atoms with Gasteiger partial charge in [0, 0.05) is 18.8 Å². The van der Waals surface area contributed by atoms with Crippen LogP contribution in [0.5, 0.6) is 0 Å². The highest BCUT2D eigenvalue weighted by atomic mass is 16.2. The summed E-state index contributed by atoms with van der Waals surface area (Å²) in [5.74, 6) is 0.0348. The van der Waals surface area contributed by atoms with Crippen LogP contribution in [0, 0.1) is 19.8 Å². The maximum Gasteiger partial charge on any atom is 0.243 e. The van der Waals surface area contributed by atoms with Gasteiger partial charge in [-0.05, 0) is 48.4 Å². The summed E-state index contributed by atoms with van der Waals surface area (Å²) < 4.78 is 0. The highest BCUT2D eigenvalue weighted by Gasteiger charge is 2.19. The van der Waals surface area contributed by atoms with E-state index in [1.165, 1.54) is 16.0 Å². The summed E-state index contributed by atoms with van der Waals surface area (Å²) in [4.78, 5) is 26.6. The number of carbonyl (C=O) groups is 2. The van der Waals surface area contributed by atoms with E-state index in [9.17, 15) is 9.59 Å². The van der Waals surface area contributed by atoms with Crippen LogP contribution in [0.1, 0.15) is 55.5 Å². The number of amides is 2. The highest BCUT2D eigenvalue weighted by Crippen LogP contribution is 2.22. The Kier molecular flexibility index (Phi) is 9.25. The smallest absolute Gasteiger partial charge is 0.243 e. The average Bonchev–Trinajstić information content (AvgIpc) is 2.72. The van der Waals surface area contributed by atoms with Crippen LogP contribution in [0.25, 0.3) is 0 Å². The standard InChI is InChI=1S/C26H37N3O2/c1-7-9-21-12-14-22(15-13-21)25(18(2)3)27-16-24(31)29(6)17-23(30)28-26-19(4)10-8-11-20(26)5/h8,10-15,18,25,27H,7,9,16-17H2,1-6H3,(H,28,30)/t25-/m1/s1. The van der Waals surface area contributed by atoms with Gasteiger partial charge in [-0.25, -0.2) is 0 Å². The van der Waals surface area contributed by atoms with E-state index >= 15 is 0 Å². The molecule has 2 N–H and O–H groups in total. The first-order valence-electron chi connectivity index (χ1n) is 11.1. The number of benzene rings is 2. The molecule has 0 saturated carbocycles. The van der Waals surface area contributed by atoms with Gasteiger partial charge in [-0.15, -0.1) is 0 Å². The maximum absolute atomic E-state index is 12.6. The van der Waals surface area contributed by atoms with Crippen LogP contribution in [-0.2, 0) is 16.0 Å². The van der Waals surface area contributed by atoms with Gasteiger partial charge in [0.15, 0.2) is 0 Å². The first-order valence-corrected chi connectivity index (χ1v) is 11.1. The Hall–Kier alpha value is -2.66. The molecule has 0 radical (unpaired) electrons. The van der Waals surface area contributed by atoms with Gasteiger partial charge in [0.1, 0.15) is 0 Å². The normalized spacial score (nSPS) is 12.0. The largest absolute Gasteiger partial charge is 0.335 e. The molecular formula is C26H37N3O2. The molecule has 168 valence electrons. The molecule has 0 aliphatic carbocycles. The highest BCUT2D eigenvalue weighted by molar-refractivity contribution is 5.95. The summed E-state index contributed by atoms with van der Waals surface area (Å²) in [6, 6.07) is 14.6. The van der Waals surface area contributed by atoms with E-state index in [4.69, 9.17) is 0 Å². The number of nitrogens with zero attached hydrogens (tertiary/aromatic N) is 1. The number of aryl methyl sites for hydroxylation is 3. The third-order valence-corrected chi connectivity index (χ3v) is 5.57. The maximum atomic E-state index is 12.6. The van der Waals surface area contributed by atoms with Gasteiger partial charge in [0.25, 0.3) is 0 Å². The topological polar surface area (TPSA) is 61.4 Å². The summed E-state index contributed by atoms with van der Waals surface area (Å²) in [5, 5.41) is 6.32. The zero-order valence-corrected chi connectivity index (χ0v) is 19.8. The van der Waals surface area contributed by atoms with Crippen molar-refractivity contribution in [2.24, 2.45) is 5.92 Å². The Labute approximate surface area is 187 Å². The van der Waals surface area contributed by atoms with Gasteiger partial charge in [-0.2, -0.15) is 0 Å². The van der Waals surface area contributed by atoms with E-state index in [1.54, 1.807) is 7.05 Å². The second kappa shape index (κ2) is 11.7. The van der Waals surface area contributed by atoms with Crippen molar-refractivity contribution >= 4 is 17.5 Å². The lowest BCUT2D eigenvalue weighted by molar-refractivity contribution is -0.132. The van der Waals surface area contributed by atoms with Gasteiger partial charge in [0.05, 0.1) is 13.1 Å². The molecule has 1 atom stereocenters. The first kappa shape index (κ1) is 24.6. The van der Waals surface area contributed by atoms with Gasteiger partial charge in [-0.3, -0.25) is 9.59 Å². The molecule has 2 aromatic rings. The second-order valence-electron chi connectivity index (χ2n) is 8.66. The molecule has 0 aliphatic heterocycles. The molecule has 5 heteroatoms. The monoisotopic (exact) mass is 423 g/mol. The molecule has 31 heavy (non-hydrogen) atoms. The fourth-order valence-corrected chi connectivity index (χ4v) is 3.75. The van der Waals surface area contributed by atoms with Crippen LogP contribution < -0.4 is 10.6 Å². The summed E-state index contributed by atoms with van der Waals surface area (Å²) in [6.07, 6.45) is 2.20. The van der Waals surface area contributed by atoms with E-state index in [0.717, 1.165) is 29.7 Å². The molecule has 0 spiro atoms. The molecule has 5 nitrogen and oxygen atoms in total. The summed E-state index contributed by atoms with van der Waals surface area (Å²) in [7, 11) is 1.66. The van der Waals surface area contributed by atoms with Gasteiger partial charge < -0.3 is 15.5 Å². The minimum absolute atomic E-state index is 0.0202. The van der Waals surface area contributed by atoms with Crippen LogP contribution in [0.15, 0.2) is 42.5 Å². The molecule has 0 bridgehead atoms. The van der Waals surface area contributed by atoms with E-state index in [1.807, 2.05) is 32.0 Å². The predicted octanol–water partition coefficient (Wildman–Crippen LogP) is 4.64. The Morgan fingerprint density at radius 3 is 2.16 bits per heavy atom. The number of carbonyl (C=O) groups excluding carboxylic acids is 2. The summed E-state index contributed by atoms with van der Waals surface area (Å²) in [6.45, 7) is 10.6. The van der Waals surface area contributed by atoms with Crippen molar-refractivity contribution in [3.05, 3.63) is 64.7 Å². The van der Waals surface area contributed by atoms with Gasteiger partial charge >= 0.3 is 0 Å². The molecule has 0 unspecified atom stereocenters. The van der Waals surface area contributed by atoms with Crippen molar-refractivity contribution in [1.29, 1.82) is 0 Å². The fourth-order valence-electron chi connectivity index (χ4n) is 3.75. The molecule has 2 amide bonds. The Morgan fingerprint density at radius 2 is 1.61 bits per heavy atom. The Bertz CT molecular complexity index is 854. The predicted molar refractivity (Wildman–Crippen MR) is 128 cm³/mol. The zero-order chi connectivity index (χ0) is 23.0. The molecule has 0 aliphatic rings. The van der Waals surface area contributed by atoms with Crippen molar-refractivity contribution in [3.63, 3.8) is 0 Å². The number of rotatable bonds is 10. The minimum Gasteiger partial charge on any atom is -0.335 e. The van der Waals surface area contributed by atoms with E-state index in [0.29, 0.717) is 5.92 Å². The van der Waals surface area contributed by atoms with Gasteiger partial charge in [0.2, 0.25) is 11.8 Å². The Morgan fingerprint density at radius 1 is 1.00 bits per heavy atom. The Balaban J connectivity index is 1.92.